The van der Waals surface area contributed by atoms with E-state index >= 15 is 0 Å². The zero-order chi connectivity index (χ0) is 14.5. The van der Waals surface area contributed by atoms with Gasteiger partial charge in [0.1, 0.15) is 18.3 Å². The van der Waals surface area contributed by atoms with Crippen molar-refractivity contribution in [2.24, 2.45) is 0 Å². The summed E-state index contributed by atoms with van der Waals surface area (Å²) in [5.74, 6) is -0.405. The highest BCUT2D eigenvalue weighted by molar-refractivity contribution is 8.76. The number of hydrogen-bond acceptors (Lipinski definition) is 7. The van der Waals surface area contributed by atoms with Crippen LogP contribution in [0.4, 0.5) is 0 Å². The molecule has 0 bridgehead atoms. The molecule has 7 heteroatoms. The molecule has 0 saturated carbocycles. The first kappa shape index (κ1) is 15.4. The largest absolute Gasteiger partial charge is 0.343 e. The monoisotopic (exact) mass is 322 g/mol. The Morgan fingerprint density at radius 1 is 0.850 bits per heavy atom. The molecule has 20 heavy (non-hydrogen) atoms. The number of hydrogen-bond donors (Lipinski definition) is 0. The average Bonchev–Trinajstić information content (AvgIpc) is 2.80. The van der Waals surface area contributed by atoms with Gasteiger partial charge in [0, 0.05) is 5.75 Å². The highest BCUT2D eigenvalue weighted by Crippen LogP contribution is 2.44. The molecule has 0 N–H and O–H groups in total. The summed E-state index contributed by atoms with van der Waals surface area (Å²) in [4.78, 5) is 0. The van der Waals surface area contributed by atoms with Crippen LogP contribution in [0.5, 0.6) is 0 Å². The Morgan fingerprint density at radius 3 is 2.15 bits per heavy atom. The van der Waals surface area contributed by atoms with E-state index in [-0.39, 0.29) is 30.7 Å². The molecule has 0 aromatic heterocycles. The minimum absolute atomic E-state index is 0.0435. The Bertz CT molecular complexity index is 376. The van der Waals surface area contributed by atoms with Crippen LogP contribution in [-0.4, -0.2) is 54.3 Å². The fourth-order valence-electron chi connectivity index (χ4n) is 2.96. The highest BCUT2D eigenvalue weighted by atomic mass is 33.1. The lowest BCUT2D eigenvalue weighted by Gasteiger charge is -2.37. The van der Waals surface area contributed by atoms with Crippen LogP contribution >= 0.6 is 21.6 Å². The van der Waals surface area contributed by atoms with Crippen molar-refractivity contribution in [1.82, 2.24) is 0 Å². The standard InChI is InChI=1S/C13H22O5S2/c1-12(2)15-8-7(6-20-19-5)14-11-10(9(8)16-12)17-13(3,4)18-11/h7-11H,6H2,1-5H3/t7?,8?,9?,10-,11-/m1/s1. The molecule has 3 aliphatic heterocycles. The minimum atomic E-state index is -0.641. The lowest BCUT2D eigenvalue weighted by molar-refractivity contribution is -0.228. The smallest absolute Gasteiger partial charge is 0.190 e. The van der Waals surface area contributed by atoms with Gasteiger partial charge in [0.15, 0.2) is 17.9 Å². The van der Waals surface area contributed by atoms with Gasteiger partial charge in [-0.15, -0.1) is 0 Å². The molecule has 5 nitrogen and oxygen atoms in total. The van der Waals surface area contributed by atoms with Crippen LogP contribution in [0.25, 0.3) is 0 Å². The molecular weight excluding hydrogens is 300 g/mol. The molecule has 3 saturated heterocycles. The second-order valence-corrected chi connectivity index (χ2v) is 8.77. The van der Waals surface area contributed by atoms with E-state index in [1.807, 2.05) is 27.7 Å². The highest BCUT2D eigenvalue weighted by Gasteiger charge is 2.60. The van der Waals surface area contributed by atoms with Gasteiger partial charge in [0.25, 0.3) is 0 Å². The van der Waals surface area contributed by atoms with E-state index < -0.39 is 11.6 Å². The van der Waals surface area contributed by atoms with Crippen LogP contribution in [0, 0.1) is 0 Å². The van der Waals surface area contributed by atoms with Crippen molar-refractivity contribution in [3.8, 4) is 0 Å². The van der Waals surface area contributed by atoms with Gasteiger partial charge in [0.2, 0.25) is 0 Å². The molecule has 0 radical (unpaired) electrons. The van der Waals surface area contributed by atoms with Gasteiger partial charge in [0.05, 0.1) is 6.10 Å². The van der Waals surface area contributed by atoms with Crippen molar-refractivity contribution < 1.29 is 23.7 Å². The number of rotatable bonds is 3. The summed E-state index contributed by atoms with van der Waals surface area (Å²) in [5.41, 5.74) is 0. The van der Waals surface area contributed by atoms with Crippen LogP contribution in [0.1, 0.15) is 27.7 Å². The van der Waals surface area contributed by atoms with Crippen molar-refractivity contribution in [1.29, 1.82) is 0 Å². The molecule has 116 valence electrons. The summed E-state index contributed by atoms with van der Waals surface area (Å²) in [6.45, 7) is 7.66. The average molecular weight is 322 g/mol. The van der Waals surface area contributed by atoms with Gasteiger partial charge in [-0.1, -0.05) is 21.6 Å². The summed E-state index contributed by atoms with van der Waals surface area (Å²) in [6, 6.07) is 0. The predicted molar refractivity (Wildman–Crippen MR) is 78.5 cm³/mol. The summed E-state index contributed by atoms with van der Waals surface area (Å²) in [7, 11) is 3.48. The predicted octanol–water partition coefficient (Wildman–Crippen LogP) is 2.39. The summed E-state index contributed by atoms with van der Waals surface area (Å²) < 4.78 is 29.9. The molecular formula is C13H22O5S2. The zero-order valence-electron chi connectivity index (χ0n) is 12.5. The molecule has 3 unspecified atom stereocenters. The molecule has 3 rings (SSSR count). The van der Waals surface area contributed by atoms with Gasteiger partial charge < -0.3 is 23.7 Å². The minimum Gasteiger partial charge on any atom is -0.343 e. The Balaban J connectivity index is 1.80. The maximum Gasteiger partial charge on any atom is 0.190 e. The number of ether oxygens (including phenoxy) is 5. The van der Waals surface area contributed by atoms with Crippen LogP contribution in [0.3, 0.4) is 0 Å². The van der Waals surface area contributed by atoms with E-state index in [2.05, 4.69) is 6.26 Å². The molecule has 3 heterocycles. The fraction of sp³-hybridized carbons (Fsp3) is 1.00. The molecule has 5 atom stereocenters. The van der Waals surface area contributed by atoms with Crippen LogP contribution in [0.2, 0.25) is 0 Å². The molecule has 3 fully saturated rings. The SMILES string of the molecule is CSSCC1O[C@@H]2OC(C)(C)O[C@@H]2C2OC(C)(C)OC12. The quantitative estimate of drug-likeness (QED) is 0.739. The summed E-state index contributed by atoms with van der Waals surface area (Å²) >= 11 is 0. The van der Waals surface area contributed by atoms with Crippen LogP contribution in [0.15, 0.2) is 0 Å². The van der Waals surface area contributed by atoms with Crippen LogP contribution < -0.4 is 0 Å². The van der Waals surface area contributed by atoms with Gasteiger partial charge in [-0.05, 0) is 34.0 Å². The maximum absolute atomic E-state index is 6.07. The second kappa shape index (κ2) is 5.30. The van der Waals surface area contributed by atoms with Crippen molar-refractivity contribution in [3.63, 3.8) is 0 Å². The van der Waals surface area contributed by atoms with E-state index in [0.717, 1.165) is 5.75 Å². The van der Waals surface area contributed by atoms with Gasteiger partial charge >= 0.3 is 0 Å². The van der Waals surface area contributed by atoms with Gasteiger partial charge in [-0.25, -0.2) is 0 Å². The molecule has 0 aromatic carbocycles. The van der Waals surface area contributed by atoms with Crippen molar-refractivity contribution >= 4 is 21.6 Å². The molecule has 0 spiro atoms. The lowest BCUT2D eigenvalue weighted by atomic mass is 10.00. The zero-order valence-corrected chi connectivity index (χ0v) is 14.1. The van der Waals surface area contributed by atoms with Crippen LogP contribution in [-0.2, 0) is 23.7 Å². The number of fused-ring (bicyclic) bond motifs is 3. The second-order valence-electron chi connectivity index (χ2n) is 6.16. The molecule has 3 aliphatic rings. The topological polar surface area (TPSA) is 46.2 Å². The van der Waals surface area contributed by atoms with E-state index in [4.69, 9.17) is 23.7 Å². The Kier molecular flexibility index (Phi) is 4.08. The van der Waals surface area contributed by atoms with Crippen molar-refractivity contribution in [3.05, 3.63) is 0 Å². The van der Waals surface area contributed by atoms with E-state index in [1.165, 1.54) is 0 Å². The first-order chi connectivity index (χ1) is 9.31. The Labute approximate surface area is 127 Å². The van der Waals surface area contributed by atoms with E-state index in [1.54, 1.807) is 21.6 Å². The van der Waals surface area contributed by atoms with Crippen molar-refractivity contribution in [2.45, 2.75) is 70.0 Å². The molecule has 0 aromatic rings. The molecule has 0 aliphatic carbocycles. The third kappa shape index (κ3) is 2.86. The van der Waals surface area contributed by atoms with Gasteiger partial charge in [-0.3, -0.25) is 0 Å². The molecule has 0 amide bonds. The van der Waals surface area contributed by atoms with E-state index in [0.29, 0.717) is 0 Å². The van der Waals surface area contributed by atoms with Gasteiger partial charge in [-0.2, -0.15) is 0 Å². The third-order valence-electron chi connectivity index (χ3n) is 3.60. The first-order valence-electron chi connectivity index (χ1n) is 6.84. The third-order valence-corrected chi connectivity index (χ3v) is 5.42. The summed E-state index contributed by atoms with van der Waals surface area (Å²) in [5, 5.41) is 0. The fourth-order valence-corrected chi connectivity index (χ4v) is 4.31. The lowest BCUT2D eigenvalue weighted by Crippen LogP contribution is -2.55. The van der Waals surface area contributed by atoms with Crippen molar-refractivity contribution in [2.75, 3.05) is 12.0 Å². The summed E-state index contributed by atoms with van der Waals surface area (Å²) in [6.07, 6.45) is 1.16. The normalized spacial score (nSPS) is 45.1. The maximum atomic E-state index is 6.07. The Hall–Kier alpha value is 0.500. The Morgan fingerprint density at radius 2 is 1.45 bits per heavy atom. The van der Waals surface area contributed by atoms with E-state index in [9.17, 15) is 0 Å². The first-order valence-corrected chi connectivity index (χ1v) is 9.56.